The third kappa shape index (κ3) is 5.25. The molecule has 1 aromatic heterocycles. The molecule has 0 aliphatic carbocycles. The summed E-state index contributed by atoms with van der Waals surface area (Å²) in [5.74, 6) is 1.82. The van der Waals surface area contributed by atoms with Gasteiger partial charge in [-0.2, -0.15) is 0 Å². The summed E-state index contributed by atoms with van der Waals surface area (Å²) >= 11 is 0. The Morgan fingerprint density at radius 1 is 0.906 bits per heavy atom. The van der Waals surface area contributed by atoms with E-state index in [4.69, 9.17) is 9.97 Å². The van der Waals surface area contributed by atoms with E-state index in [-0.39, 0.29) is 6.03 Å². The highest BCUT2D eigenvalue weighted by Gasteiger charge is 2.25. The molecule has 0 atom stereocenters. The van der Waals surface area contributed by atoms with E-state index in [9.17, 15) is 4.79 Å². The summed E-state index contributed by atoms with van der Waals surface area (Å²) in [5, 5.41) is 3.04. The first kappa shape index (κ1) is 21.8. The minimum absolute atomic E-state index is 0.00822. The molecule has 6 heteroatoms. The third-order valence-corrected chi connectivity index (χ3v) is 5.89. The first-order chi connectivity index (χ1) is 15.6. The number of hydrogen-bond acceptors (Lipinski definition) is 4. The van der Waals surface area contributed by atoms with E-state index in [1.807, 2.05) is 48.2 Å². The maximum atomic E-state index is 12.6. The molecule has 0 saturated carbocycles. The van der Waals surface area contributed by atoms with E-state index in [0.717, 1.165) is 48.8 Å². The lowest BCUT2D eigenvalue weighted by Gasteiger charge is -2.36. The van der Waals surface area contributed by atoms with Gasteiger partial charge in [0.25, 0.3) is 0 Å². The number of hydrogen-bond donors (Lipinski definition) is 1. The molecule has 0 bridgehead atoms. The topological polar surface area (TPSA) is 61.4 Å². The van der Waals surface area contributed by atoms with Crippen LogP contribution in [0.4, 0.5) is 10.6 Å². The number of anilines is 1. The van der Waals surface area contributed by atoms with E-state index >= 15 is 0 Å². The molecule has 1 N–H and O–H groups in total. The van der Waals surface area contributed by atoms with Crippen molar-refractivity contribution in [2.45, 2.75) is 33.2 Å². The van der Waals surface area contributed by atoms with Crippen molar-refractivity contribution in [1.29, 1.82) is 0 Å². The van der Waals surface area contributed by atoms with Crippen LogP contribution in [-0.2, 0) is 19.4 Å². The zero-order valence-corrected chi connectivity index (χ0v) is 18.9. The quantitative estimate of drug-likeness (QED) is 0.644. The van der Waals surface area contributed by atoms with Gasteiger partial charge in [0.1, 0.15) is 11.6 Å². The van der Waals surface area contributed by atoms with Crippen molar-refractivity contribution < 1.29 is 4.79 Å². The zero-order chi connectivity index (χ0) is 22.3. The smallest absolute Gasteiger partial charge is 0.317 e. The Kier molecular flexibility index (Phi) is 7.00. The molecule has 1 aliphatic rings. The van der Waals surface area contributed by atoms with Crippen LogP contribution >= 0.6 is 0 Å². The second-order valence-corrected chi connectivity index (χ2v) is 8.15. The first-order valence-corrected chi connectivity index (χ1v) is 11.4. The van der Waals surface area contributed by atoms with Crippen LogP contribution in [0, 0.1) is 6.92 Å². The van der Waals surface area contributed by atoms with Crippen LogP contribution in [0.2, 0.25) is 0 Å². The Balaban J connectivity index is 1.44. The largest absolute Gasteiger partial charge is 0.353 e. The lowest BCUT2D eigenvalue weighted by atomic mass is 10.0. The highest BCUT2D eigenvalue weighted by Crippen LogP contribution is 2.26. The average Bonchev–Trinajstić information content (AvgIpc) is 2.84. The van der Waals surface area contributed by atoms with Crippen molar-refractivity contribution in [3.63, 3.8) is 0 Å². The minimum Gasteiger partial charge on any atom is -0.353 e. The van der Waals surface area contributed by atoms with Gasteiger partial charge >= 0.3 is 6.03 Å². The number of carbonyl (C=O) groups is 1. The standard InChI is InChI=1S/C26H31N5O/c1-3-24-23(18-21-10-6-4-7-11-21)25(29-20(2)28-24)30-14-16-31(17-15-30)26(32)27-19-22-12-8-5-9-13-22/h4-13H,3,14-19H2,1-2H3,(H,27,32). The molecule has 0 spiro atoms. The molecular weight excluding hydrogens is 398 g/mol. The number of nitrogens with one attached hydrogen (secondary N) is 1. The molecule has 0 radical (unpaired) electrons. The molecule has 1 fully saturated rings. The Bertz CT molecular complexity index is 1030. The monoisotopic (exact) mass is 429 g/mol. The highest BCUT2D eigenvalue weighted by atomic mass is 16.2. The molecule has 2 heterocycles. The summed E-state index contributed by atoms with van der Waals surface area (Å²) in [5.41, 5.74) is 4.68. The summed E-state index contributed by atoms with van der Waals surface area (Å²) in [7, 11) is 0. The van der Waals surface area contributed by atoms with E-state index in [1.54, 1.807) is 0 Å². The van der Waals surface area contributed by atoms with Gasteiger partial charge in [0.15, 0.2) is 0 Å². The highest BCUT2D eigenvalue weighted by molar-refractivity contribution is 5.74. The molecule has 166 valence electrons. The fourth-order valence-corrected chi connectivity index (χ4v) is 4.18. The van der Waals surface area contributed by atoms with E-state index in [0.29, 0.717) is 19.6 Å². The second-order valence-electron chi connectivity index (χ2n) is 8.15. The van der Waals surface area contributed by atoms with E-state index < -0.39 is 0 Å². The maximum Gasteiger partial charge on any atom is 0.317 e. The van der Waals surface area contributed by atoms with Crippen molar-refractivity contribution in [1.82, 2.24) is 20.2 Å². The number of urea groups is 1. The Hall–Kier alpha value is -3.41. The summed E-state index contributed by atoms with van der Waals surface area (Å²) in [4.78, 5) is 26.4. The van der Waals surface area contributed by atoms with Crippen LogP contribution in [0.15, 0.2) is 60.7 Å². The number of piperazine rings is 1. The van der Waals surface area contributed by atoms with Crippen molar-refractivity contribution in [2.24, 2.45) is 0 Å². The second kappa shape index (κ2) is 10.3. The number of carbonyl (C=O) groups excluding carboxylic acids is 1. The molecule has 1 aliphatic heterocycles. The normalized spacial score (nSPS) is 13.8. The Morgan fingerprint density at radius 2 is 1.53 bits per heavy atom. The number of nitrogens with zero attached hydrogens (tertiary/aromatic N) is 4. The van der Waals surface area contributed by atoms with Crippen LogP contribution in [-0.4, -0.2) is 47.1 Å². The van der Waals surface area contributed by atoms with Crippen LogP contribution in [0.5, 0.6) is 0 Å². The Labute approximate surface area is 190 Å². The van der Waals surface area contributed by atoms with Crippen molar-refractivity contribution in [3.8, 4) is 0 Å². The Morgan fingerprint density at radius 3 is 2.16 bits per heavy atom. The number of rotatable bonds is 6. The van der Waals surface area contributed by atoms with Gasteiger partial charge in [-0.25, -0.2) is 14.8 Å². The molecule has 2 amide bonds. The van der Waals surface area contributed by atoms with Crippen LogP contribution < -0.4 is 10.2 Å². The minimum atomic E-state index is -0.00822. The van der Waals surface area contributed by atoms with Gasteiger partial charge in [-0.3, -0.25) is 0 Å². The lowest BCUT2D eigenvalue weighted by molar-refractivity contribution is 0.193. The van der Waals surface area contributed by atoms with Crippen molar-refractivity contribution in [2.75, 3.05) is 31.1 Å². The number of aromatic nitrogens is 2. The summed E-state index contributed by atoms with van der Waals surface area (Å²) in [6.07, 6.45) is 1.69. The predicted octanol–water partition coefficient (Wildman–Crippen LogP) is 3.97. The van der Waals surface area contributed by atoms with Crippen LogP contribution in [0.1, 0.15) is 35.1 Å². The van der Waals surface area contributed by atoms with Gasteiger partial charge in [-0.1, -0.05) is 67.6 Å². The molecule has 4 rings (SSSR count). The molecule has 0 unspecified atom stereocenters. The molecule has 3 aromatic rings. The average molecular weight is 430 g/mol. The molecule has 6 nitrogen and oxygen atoms in total. The van der Waals surface area contributed by atoms with Gasteiger partial charge in [0.05, 0.1) is 0 Å². The molecule has 32 heavy (non-hydrogen) atoms. The molecule has 2 aromatic carbocycles. The fourth-order valence-electron chi connectivity index (χ4n) is 4.18. The van der Waals surface area contributed by atoms with Crippen molar-refractivity contribution in [3.05, 3.63) is 88.9 Å². The number of aryl methyl sites for hydroxylation is 2. The van der Waals surface area contributed by atoms with Gasteiger partial charge in [-0.05, 0) is 24.5 Å². The summed E-state index contributed by atoms with van der Waals surface area (Å²) in [6, 6.07) is 20.5. The summed E-state index contributed by atoms with van der Waals surface area (Å²) in [6.45, 7) is 7.54. The van der Waals surface area contributed by atoms with Gasteiger partial charge in [0.2, 0.25) is 0 Å². The van der Waals surface area contributed by atoms with Gasteiger partial charge in [-0.15, -0.1) is 0 Å². The number of benzene rings is 2. The SMILES string of the molecule is CCc1nc(C)nc(N2CCN(C(=O)NCc3ccccc3)CC2)c1Cc1ccccc1. The predicted molar refractivity (Wildman–Crippen MR) is 128 cm³/mol. The summed E-state index contributed by atoms with van der Waals surface area (Å²) < 4.78 is 0. The zero-order valence-electron chi connectivity index (χ0n) is 18.9. The van der Waals surface area contributed by atoms with Gasteiger partial charge in [0, 0.05) is 50.4 Å². The van der Waals surface area contributed by atoms with Crippen LogP contribution in [0.3, 0.4) is 0 Å². The molecule has 1 saturated heterocycles. The van der Waals surface area contributed by atoms with E-state index in [2.05, 4.69) is 41.4 Å². The van der Waals surface area contributed by atoms with Crippen LogP contribution in [0.25, 0.3) is 0 Å². The van der Waals surface area contributed by atoms with Gasteiger partial charge < -0.3 is 15.1 Å². The third-order valence-electron chi connectivity index (χ3n) is 5.89. The van der Waals surface area contributed by atoms with E-state index in [1.165, 1.54) is 11.1 Å². The maximum absolute atomic E-state index is 12.6. The number of amides is 2. The molecular formula is C26H31N5O. The fraction of sp³-hybridized carbons (Fsp3) is 0.346. The lowest BCUT2D eigenvalue weighted by Crippen LogP contribution is -2.52. The first-order valence-electron chi connectivity index (χ1n) is 11.4. The van der Waals surface area contributed by atoms with Crippen molar-refractivity contribution >= 4 is 11.8 Å².